The van der Waals surface area contributed by atoms with Gasteiger partial charge in [-0.25, -0.2) is 0 Å². The molecule has 2 aliphatic rings. The molecule has 5 heteroatoms. The lowest BCUT2D eigenvalue weighted by atomic mass is 9.94. The fourth-order valence-corrected chi connectivity index (χ4v) is 4.43. The highest BCUT2D eigenvalue weighted by Crippen LogP contribution is 2.29. The number of benzene rings is 1. The summed E-state index contributed by atoms with van der Waals surface area (Å²) in [6, 6.07) is 3.51. The number of carbonyl (C=O) groups excluding carboxylic acids is 2. The van der Waals surface area contributed by atoms with Gasteiger partial charge in [-0.3, -0.25) is 9.59 Å². The molecule has 154 valence electrons. The number of nitrogens with one attached hydrogen (secondary N) is 1. The van der Waals surface area contributed by atoms with Gasteiger partial charge in [0.1, 0.15) is 17.8 Å². The molecule has 2 saturated heterocycles. The number of aromatic hydroxyl groups is 1. The number of hydrogen-bond acceptors (Lipinski definition) is 3. The Kier molecular flexibility index (Phi) is 6.97. The minimum Gasteiger partial charge on any atom is -0.507 e. The molecule has 2 fully saturated rings. The van der Waals surface area contributed by atoms with Gasteiger partial charge in [-0.15, -0.1) is 0 Å². The van der Waals surface area contributed by atoms with Gasteiger partial charge in [-0.1, -0.05) is 38.8 Å². The number of nitrogens with zero attached hydrogens (tertiary/aromatic N) is 1. The van der Waals surface area contributed by atoms with Crippen molar-refractivity contribution in [2.45, 2.75) is 90.1 Å². The molecule has 5 nitrogen and oxygen atoms in total. The number of phenols is 1. The Hall–Kier alpha value is -2.04. The minimum atomic E-state index is -0.422. The molecule has 0 aliphatic carbocycles. The molecule has 2 aliphatic heterocycles. The molecule has 2 heterocycles. The Labute approximate surface area is 168 Å². The zero-order chi connectivity index (χ0) is 20.1. The summed E-state index contributed by atoms with van der Waals surface area (Å²) in [4.78, 5) is 26.8. The van der Waals surface area contributed by atoms with Gasteiger partial charge in [0.15, 0.2) is 0 Å². The van der Waals surface area contributed by atoms with Crippen molar-refractivity contribution in [1.29, 1.82) is 0 Å². The van der Waals surface area contributed by atoms with Crippen LogP contribution in [0.2, 0.25) is 0 Å². The molecule has 2 N–H and O–H groups in total. The normalized spacial score (nSPS) is 21.7. The summed E-state index contributed by atoms with van der Waals surface area (Å²) in [7, 11) is 0. The Morgan fingerprint density at radius 3 is 2.32 bits per heavy atom. The number of hydrogen-bond donors (Lipinski definition) is 2. The van der Waals surface area contributed by atoms with Crippen LogP contribution >= 0.6 is 0 Å². The van der Waals surface area contributed by atoms with Crippen molar-refractivity contribution in [2.24, 2.45) is 0 Å². The van der Waals surface area contributed by atoms with Gasteiger partial charge in [0.2, 0.25) is 11.8 Å². The molecular formula is C23H34N2O3. The van der Waals surface area contributed by atoms with E-state index in [1.54, 1.807) is 4.90 Å². The molecule has 28 heavy (non-hydrogen) atoms. The van der Waals surface area contributed by atoms with Gasteiger partial charge < -0.3 is 15.3 Å². The highest BCUT2D eigenvalue weighted by atomic mass is 16.3. The number of piperazine rings is 1. The first-order valence-electron chi connectivity index (χ1n) is 11.0. The van der Waals surface area contributed by atoms with Crippen LogP contribution in [-0.2, 0) is 28.9 Å². The maximum Gasteiger partial charge on any atom is 0.245 e. The van der Waals surface area contributed by atoms with Crippen molar-refractivity contribution < 1.29 is 14.7 Å². The van der Waals surface area contributed by atoms with Crippen LogP contribution in [0.5, 0.6) is 5.75 Å². The van der Waals surface area contributed by atoms with Crippen molar-refractivity contribution in [3.05, 3.63) is 28.8 Å². The molecule has 1 aromatic carbocycles. The maximum absolute atomic E-state index is 12.7. The lowest BCUT2D eigenvalue weighted by molar-refractivity contribution is -0.147. The van der Waals surface area contributed by atoms with E-state index >= 15 is 0 Å². The molecular weight excluding hydrogens is 352 g/mol. The summed E-state index contributed by atoms with van der Waals surface area (Å²) in [5.74, 6) is 0.519. The zero-order valence-corrected chi connectivity index (χ0v) is 17.3. The lowest BCUT2D eigenvalue weighted by Crippen LogP contribution is -2.61. The third-order valence-electron chi connectivity index (χ3n) is 6.10. The average Bonchev–Trinajstić information content (AvgIpc) is 3.19. The van der Waals surface area contributed by atoms with Crippen LogP contribution in [0.25, 0.3) is 0 Å². The second kappa shape index (κ2) is 9.44. The van der Waals surface area contributed by atoms with Crippen molar-refractivity contribution in [1.82, 2.24) is 10.2 Å². The van der Waals surface area contributed by atoms with E-state index in [0.29, 0.717) is 18.7 Å². The summed E-state index contributed by atoms with van der Waals surface area (Å²) in [5, 5.41) is 13.6. The maximum atomic E-state index is 12.7. The smallest absolute Gasteiger partial charge is 0.245 e. The van der Waals surface area contributed by atoms with Crippen LogP contribution in [0, 0.1) is 0 Å². The second-order valence-electron chi connectivity index (χ2n) is 8.26. The summed E-state index contributed by atoms with van der Waals surface area (Å²) in [6.45, 7) is 5.01. The third-order valence-corrected chi connectivity index (χ3v) is 6.10. The summed E-state index contributed by atoms with van der Waals surface area (Å²) in [6.07, 6.45) is 9.08. The van der Waals surface area contributed by atoms with Crippen molar-refractivity contribution in [3.63, 3.8) is 0 Å². The number of rotatable bonds is 9. The van der Waals surface area contributed by atoms with Gasteiger partial charge in [-0.2, -0.15) is 0 Å². The SMILES string of the molecule is CCCCc1cc(CCC2NC(=O)[C@@H]3CCCN3C2=O)cc(CCCC)c1O. The van der Waals surface area contributed by atoms with Crippen LogP contribution < -0.4 is 5.32 Å². The monoisotopic (exact) mass is 386 g/mol. The predicted octanol–water partition coefficient (Wildman–Crippen LogP) is 3.50. The van der Waals surface area contributed by atoms with E-state index in [0.717, 1.165) is 74.5 Å². The second-order valence-corrected chi connectivity index (χ2v) is 8.26. The molecule has 3 rings (SSSR count). The van der Waals surface area contributed by atoms with Crippen molar-refractivity contribution in [3.8, 4) is 5.75 Å². The zero-order valence-electron chi connectivity index (χ0n) is 17.3. The Morgan fingerprint density at radius 2 is 1.71 bits per heavy atom. The lowest BCUT2D eigenvalue weighted by Gasteiger charge is -2.34. The first-order valence-corrected chi connectivity index (χ1v) is 11.0. The molecule has 0 spiro atoms. The van der Waals surface area contributed by atoms with Crippen molar-refractivity contribution in [2.75, 3.05) is 6.54 Å². The van der Waals surface area contributed by atoms with Crippen LogP contribution in [0.3, 0.4) is 0 Å². The Bertz CT molecular complexity index is 687. The van der Waals surface area contributed by atoms with E-state index in [-0.39, 0.29) is 17.9 Å². The number of unbranched alkanes of at least 4 members (excludes halogenated alkanes) is 2. The van der Waals surface area contributed by atoms with E-state index in [9.17, 15) is 14.7 Å². The van der Waals surface area contributed by atoms with Gasteiger partial charge in [0.25, 0.3) is 0 Å². The summed E-state index contributed by atoms with van der Waals surface area (Å²) in [5.41, 5.74) is 3.19. The largest absolute Gasteiger partial charge is 0.507 e. The molecule has 1 aromatic rings. The quantitative estimate of drug-likeness (QED) is 0.682. The van der Waals surface area contributed by atoms with Crippen LogP contribution in [0.15, 0.2) is 12.1 Å². The molecule has 0 bridgehead atoms. The molecule has 2 atom stereocenters. The Morgan fingerprint density at radius 1 is 1.07 bits per heavy atom. The van der Waals surface area contributed by atoms with E-state index in [1.165, 1.54) is 0 Å². The topological polar surface area (TPSA) is 69.6 Å². The predicted molar refractivity (Wildman–Crippen MR) is 110 cm³/mol. The average molecular weight is 387 g/mol. The molecule has 2 amide bonds. The number of fused-ring (bicyclic) bond motifs is 1. The van der Waals surface area contributed by atoms with Crippen LogP contribution in [0.1, 0.15) is 75.5 Å². The van der Waals surface area contributed by atoms with Crippen LogP contribution in [-0.4, -0.2) is 40.4 Å². The van der Waals surface area contributed by atoms with E-state index in [4.69, 9.17) is 0 Å². The van der Waals surface area contributed by atoms with E-state index in [2.05, 4.69) is 31.3 Å². The first-order chi connectivity index (χ1) is 13.5. The highest BCUT2D eigenvalue weighted by Gasteiger charge is 2.42. The number of carbonyl (C=O) groups is 2. The number of phenolic OH excluding ortho intramolecular Hbond substituents is 1. The summed E-state index contributed by atoms with van der Waals surface area (Å²) >= 11 is 0. The molecule has 1 unspecified atom stereocenters. The third kappa shape index (κ3) is 4.50. The van der Waals surface area contributed by atoms with Gasteiger partial charge in [-0.05, 0) is 68.1 Å². The first kappa shape index (κ1) is 20.7. The number of amides is 2. The van der Waals surface area contributed by atoms with E-state index < -0.39 is 6.04 Å². The van der Waals surface area contributed by atoms with Gasteiger partial charge in [0.05, 0.1) is 0 Å². The number of aryl methyl sites for hydroxylation is 3. The fraction of sp³-hybridized carbons (Fsp3) is 0.652. The fourth-order valence-electron chi connectivity index (χ4n) is 4.43. The molecule has 0 aromatic heterocycles. The minimum absolute atomic E-state index is 0.0000702. The van der Waals surface area contributed by atoms with Crippen LogP contribution in [0.4, 0.5) is 0 Å². The summed E-state index contributed by atoms with van der Waals surface area (Å²) < 4.78 is 0. The van der Waals surface area contributed by atoms with Gasteiger partial charge in [0, 0.05) is 6.54 Å². The highest BCUT2D eigenvalue weighted by molar-refractivity contribution is 5.97. The van der Waals surface area contributed by atoms with Gasteiger partial charge >= 0.3 is 0 Å². The molecule has 0 saturated carbocycles. The standard InChI is InChI=1S/C23H34N2O3/c1-3-5-8-17-14-16(15-18(21(17)26)9-6-4-2)11-12-19-23(28)25-13-7-10-20(25)22(27)24-19/h14-15,19-20,26H,3-13H2,1-2H3,(H,24,27)/t19?,20-/m0/s1. The van der Waals surface area contributed by atoms with E-state index in [1.807, 2.05) is 0 Å². The van der Waals surface area contributed by atoms with Crippen molar-refractivity contribution >= 4 is 11.8 Å². The Balaban J connectivity index is 1.71. The molecule has 0 radical (unpaired) electrons.